The minimum Gasteiger partial charge on any atom is -0.493 e. The molecule has 2 rings (SSSR count). The van der Waals surface area contributed by atoms with Crippen LogP contribution in [-0.4, -0.2) is 30.4 Å². The number of hydrogen-bond donors (Lipinski definition) is 2. The van der Waals surface area contributed by atoms with Crippen molar-refractivity contribution in [2.45, 2.75) is 25.4 Å². The molecule has 1 aromatic carbocycles. The Morgan fingerprint density at radius 1 is 1.44 bits per heavy atom. The molecule has 1 aliphatic heterocycles. The molecule has 1 atom stereocenters. The van der Waals surface area contributed by atoms with Gasteiger partial charge in [-0.3, -0.25) is 0 Å². The van der Waals surface area contributed by atoms with Crippen LogP contribution in [0.5, 0.6) is 5.75 Å². The number of hydrogen-bond acceptors (Lipinski definition) is 3. The number of ether oxygens (including phenoxy) is 1. The fraction of sp³-hybridized carbons (Fsp3) is 0.538. The van der Waals surface area contributed by atoms with Crippen LogP contribution in [0.1, 0.15) is 25.3 Å². The summed E-state index contributed by atoms with van der Waals surface area (Å²) in [4.78, 5) is 0. The Bertz CT molecular complexity index is 357. The smallest absolute Gasteiger partial charge is 0.122 e. The first-order valence-electron chi connectivity index (χ1n) is 5.71. The lowest BCUT2D eigenvalue weighted by Crippen LogP contribution is -2.36. The van der Waals surface area contributed by atoms with E-state index in [0.717, 1.165) is 18.9 Å². The lowest BCUT2D eigenvalue weighted by atomic mass is 10.0. The Hall–Kier alpha value is -1.06. The van der Waals surface area contributed by atoms with E-state index in [1.165, 1.54) is 5.56 Å². The average Bonchev–Trinajstić information content (AvgIpc) is 2.60. The van der Waals surface area contributed by atoms with Gasteiger partial charge in [-0.2, -0.15) is 0 Å². The van der Waals surface area contributed by atoms with Crippen molar-refractivity contribution in [2.75, 3.05) is 19.7 Å². The number of benzene rings is 1. The summed E-state index contributed by atoms with van der Waals surface area (Å²) in [7, 11) is 0. The molecule has 0 radical (unpaired) electrons. The molecule has 1 heterocycles. The van der Waals surface area contributed by atoms with E-state index in [1.807, 2.05) is 18.2 Å². The van der Waals surface area contributed by atoms with E-state index in [-0.39, 0.29) is 0 Å². The maximum absolute atomic E-state index is 9.59. The molecule has 0 saturated heterocycles. The zero-order chi connectivity index (χ0) is 11.6. The molecular weight excluding hydrogens is 202 g/mol. The predicted octanol–water partition coefficient (Wildman–Crippen LogP) is 1.52. The maximum Gasteiger partial charge on any atom is 0.122 e. The molecule has 1 aromatic rings. The summed E-state index contributed by atoms with van der Waals surface area (Å²) in [5, 5.41) is 12.9. The summed E-state index contributed by atoms with van der Waals surface area (Å²) in [5.41, 5.74) is 0.615. The van der Waals surface area contributed by atoms with Crippen LogP contribution in [0, 0.1) is 0 Å². The van der Waals surface area contributed by atoms with Crippen molar-refractivity contribution in [1.82, 2.24) is 5.32 Å². The summed E-state index contributed by atoms with van der Waals surface area (Å²) in [5.74, 6) is 1.40. The molecule has 2 N–H and O–H groups in total. The van der Waals surface area contributed by atoms with Gasteiger partial charge in [0.15, 0.2) is 0 Å². The number of aliphatic hydroxyl groups is 1. The fourth-order valence-electron chi connectivity index (χ4n) is 1.95. The van der Waals surface area contributed by atoms with Crippen molar-refractivity contribution >= 4 is 0 Å². The highest BCUT2D eigenvalue weighted by Crippen LogP contribution is 2.32. The third-order valence-electron chi connectivity index (χ3n) is 2.75. The van der Waals surface area contributed by atoms with E-state index < -0.39 is 5.60 Å². The van der Waals surface area contributed by atoms with Crippen LogP contribution in [0.2, 0.25) is 0 Å². The van der Waals surface area contributed by atoms with E-state index in [9.17, 15) is 5.11 Å². The van der Waals surface area contributed by atoms with Crippen molar-refractivity contribution in [1.29, 1.82) is 0 Å². The first-order chi connectivity index (χ1) is 7.56. The summed E-state index contributed by atoms with van der Waals surface area (Å²) in [6.45, 7) is 5.79. The Morgan fingerprint density at radius 2 is 2.19 bits per heavy atom. The van der Waals surface area contributed by atoms with E-state index in [2.05, 4.69) is 11.4 Å². The monoisotopic (exact) mass is 221 g/mol. The van der Waals surface area contributed by atoms with E-state index in [4.69, 9.17) is 4.74 Å². The molecule has 0 fully saturated rings. The minimum absolute atomic E-state index is 0.401. The van der Waals surface area contributed by atoms with Crippen LogP contribution < -0.4 is 10.1 Å². The van der Waals surface area contributed by atoms with Gasteiger partial charge >= 0.3 is 0 Å². The maximum atomic E-state index is 9.59. The van der Waals surface area contributed by atoms with Gasteiger partial charge in [0.2, 0.25) is 0 Å². The van der Waals surface area contributed by atoms with Gasteiger partial charge in [-0.25, -0.2) is 0 Å². The van der Waals surface area contributed by atoms with Gasteiger partial charge in [0.25, 0.3) is 0 Å². The molecule has 1 aliphatic rings. The van der Waals surface area contributed by atoms with Gasteiger partial charge < -0.3 is 15.2 Å². The zero-order valence-corrected chi connectivity index (χ0v) is 9.86. The Kier molecular flexibility index (Phi) is 3.17. The molecule has 1 unspecified atom stereocenters. The standard InChI is InChI=1S/C13H19NO2/c1-13(2,15)9-14-7-10-8-16-12-6-4-3-5-11(10)12/h3-6,10,14-15H,7-9H2,1-2H3. The van der Waals surface area contributed by atoms with Gasteiger partial charge in [-0.15, -0.1) is 0 Å². The Labute approximate surface area is 96.4 Å². The zero-order valence-electron chi connectivity index (χ0n) is 9.86. The molecule has 16 heavy (non-hydrogen) atoms. The van der Waals surface area contributed by atoms with Gasteiger partial charge in [-0.05, 0) is 19.9 Å². The third kappa shape index (κ3) is 2.74. The van der Waals surface area contributed by atoms with Crippen molar-refractivity contribution in [3.63, 3.8) is 0 Å². The van der Waals surface area contributed by atoms with Crippen LogP contribution in [0.15, 0.2) is 24.3 Å². The Balaban J connectivity index is 1.89. The summed E-state index contributed by atoms with van der Waals surface area (Å²) in [6.07, 6.45) is 0. The summed E-state index contributed by atoms with van der Waals surface area (Å²) >= 11 is 0. The first-order valence-corrected chi connectivity index (χ1v) is 5.71. The second-order valence-corrected chi connectivity index (χ2v) is 4.99. The molecule has 3 heteroatoms. The number of fused-ring (bicyclic) bond motifs is 1. The van der Waals surface area contributed by atoms with Gasteiger partial charge in [0, 0.05) is 24.6 Å². The largest absolute Gasteiger partial charge is 0.493 e. The van der Waals surface area contributed by atoms with Crippen LogP contribution >= 0.6 is 0 Å². The molecule has 0 saturated carbocycles. The van der Waals surface area contributed by atoms with Crippen LogP contribution in [0.25, 0.3) is 0 Å². The number of para-hydroxylation sites is 1. The molecule has 88 valence electrons. The normalized spacial score (nSPS) is 19.3. The first kappa shape index (κ1) is 11.4. The van der Waals surface area contributed by atoms with Crippen LogP contribution in [0.3, 0.4) is 0 Å². The molecule has 0 aromatic heterocycles. The average molecular weight is 221 g/mol. The Morgan fingerprint density at radius 3 is 2.94 bits per heavy atom. The van der Waals surface area contributed by atoms with E-state index in [0.29, 0.717) is 12.5 Å². The van der Waals surface area contributed by atoms with Crippen molar-refractivity contribution in [3.8, 4) is 5.75 Å². The van der Waals surface area contributed by atoms with Crippen LogP contribution in [-0.2, 0) is 0 Å². The highest BCUT2D eigenvalue weighted by Gasteiger charge is 2.23. The fourth-order valence-corrected chi connectivity index (χ4v) is 1.95. The molecular formula is C13H19NO2. The van der Waals surface area contributed by atoms with Crippen molar-refractivity contribution in [3.05, 3.63) is 29.8 Å². The van der Waals surface area contributed by atoms with Gasteiger partial charge in [0.05, 0.1) is 12.2 Å². The second kappa shape index (κ2) is 4.44. The molecule has 0 aliphatic carbocycles. The molecule has 0 amide bonds. The van der Waals surface area contributed by atoms with E-state index in [1.54, 1.807) is 13.8 Å². The molecule has 0 bridgehead atoms. The van der Waals surface area contributed by atoms with Crippen LogP contribution in [0.4, 0.5) is 0 Å². The van der Waals surface area contributed by atoms with Gasteiger partial charge in [0.1, 0.15) is 5.75 Å². The topological polar surface area (TPSA) is 41.5 Å². The number of nitrogens with one attached hydrogen (secondary N) is 1. The highest BCUT2D eigenvalue weighted by molar-refractivity contribution is 5.39. The summed E-state index contributed by atoms with van der Waals surface area (Å²) in [6, 6.07) is 8.14. The lowest BCUT2D eigenvalue weighted by Gasteiger charge is -2.19. The quantitative estimate of drug-likeness (QED) is 0.810. The van der Waals surface area contributed by atoms with Crippen molar-refractivity contribution < 1.29 is 9.84 Å². The molecule has 3 nitrogen and oxygen atoms in total. The second-order valence-electron chi connectivity index (χ2n) is 4.99. The number of rotatable bonds is 4. The lowest BCUT2D eigenvalue weighted by molar-refractivity contribution is 0.0793. The van der Waals surface area contributed by atoms with E-state index >= 15 is 0 Å². The highest BCUT2D eigenvalue weighted by atomic mass is 16.5. The van der Waals surface area contributed by atoms with Crippen molar-refractivity contribution in [2.24, 2.45) is 0 Å². The van der Waals surface area contributed by atoms with Gasteiger partial charge in [-0.1, -0.05) is 18.2 Å². The minimum atomic E-state index is -0.654. The molecule has 0 spiro atoms. The third-order valence-corrected chi connectivity index (χ3v) is 2.75. The predicted molar refractivity (Wildman–Crippen MR) is 63.8 cm³/mol. The summed E-state index contributed by atoms with van der Waals surface area (Å²) < 4.78 is 5.59. The SMILES string of the molecule is CC(C)(O)CNCC1COc2ccccc21.